The Labute approximate surface area is 72.8 Å². The van der Waals surface area contributed by atoms with Gasteiger partial charge < -0.3 is 4.90 Å². The van der Waals surface area contributed by atoms with Crippen molar-refractivity contribution in [1.82, 2.24) is 15.1 Å². The Bertz CT molecular complexity index is 212. The summed E-state index contributed by atoms with van der Waals surface area (Å²) in [5.74, 6) is 0. The van der Waals surface area contributed by atoms with E-state index < -0.39 is 0 Å². The van der Waals surface area contributed by atoms with Crippen molar-refractivity contribution in [1.29, 1.82) is 0 Å². The summed E-state index contributed by atoms with van der Waals surface area (Å²) in [6.07, 6.45) is 8.68. The van der Waals surface area contributed by atoms with Crippen LogP contribution in [0.5, 0.6) is 0 Å². The van der Waals surface area contributed by atoms with Crippen molar-refractivity contribution in [3.05, 3.63) is 18.0 Å². The maximum absolute atomic E-state index is 3.80. The molecule has 0 atom stereocenters. The van der Waals surface area contributed by atoms with Crippen LogP contribution in [0.15, 0.2) is 6.20 Å². The number of nitrogens with zero attached hydrogens (tertiary/aromatic N) is 2. The van der Waals surface area contributed by atoms with Crippen molar-refractivity contribution in [2.24, 2.45) is 0 Å². The molecule has 1 aliphatic rings. The van der Waals surface area contributed by atoms with Gasteiger partial charge in [0.15, 0.2) is 0 Å². The van der Waals surface area contributed by atoms with Crippen LogP contribution in [-0.4, -0.2) is 34.7 Å². The molecule has 0 saturated carbocycles. The van der Waals surface area contributed by atoms with Gasteiger partial charge in [-0.2, -0.15) is 5.10 Å². The van der Waals surface area contributed by atoms with Crippen LogP contribution in [0.25, 0.3) is 0 Å². The minimum atomic E-state index is 1.08. The molecule has 2 rings (SSSR count). The van der Waals surface area contributed by atoms with E-state index in [1.807, 2.05) is 6.20 Å². The first-order valence-corrected chi connectivity index (χ1v) is 4.58. The second-order valence-electron chi connectivity index (χ2n) is 3.32. The standard InChI is InChI=1S/C9H14N3/c1-2-5-12(4-1)6-3-9-7-10-11-8-9/h7H,1-6H2,(H,10,11). The lowest BCUT2D eigenvalue weighted by molar-refractivity contribution is 0.343. The van der Waals surface area contributed by atoms with Crippen molar-refractivity contribution in [2.75, 3.05) is 19.6 Å². The van der Waals surface area contributed by atoms with Crippen LogP contribution in [0.2, 0.25) is 0 Å². The highest BCUT2D eigenvalue weighted by molar-refractivity contribution is 5.01. The fraction of sp³-hybridized carbons (Fsp3) is 0.667. The van der Waals surface area contributed by atoms with E-state index in [1.54, 1.807) is 0 Å². The number of H-pyrrole nitrogens is 1. The van der Waals surface area contributed by atoms with Crippen molar-refractivity contribution in [3.8, 4) is 0 Å². The molecular formula is C9H14N3. The fourth-order valence-electron chi connectivity index (χ4n) is 1.66. The van der Waals surface area contributed by atoms with E-state index in [-0.39, 0.29) is 0 Å². The molecule has 0 amide bonds. The van der Waals surface area contributed by atoms with Gasteiger partial charge in [0, 0.05) is 18.3 Å². The zero-order valence-corrected chi connectivity index (χ0v) is 7.21. The first kappa shape index (κ1) is 7.80. The number of likely N-dealkylation sites (tertiary alicyclic amines) is 1. The van der Waals surface area contributed by atoms with Gasteiger partial charge in [0.1, 0.15) is 6.20 Å². The van der Waals surface area contributed by atoms with Crippen molar-refractivity contribution < 1.29 is 0 Å². The predicted molar refractivity (Wildman–Crippen MR) is 46.8 cm³/mol. The van der Waals surface area contributed by atoms with E-state index in [2.05, 4.69) is 21.3 Å². The van der Waals surface area contributed by atoms with Gasteiger partial charge in [0.05, 0.1) is 0 Å². The zero-order valence-electron chi connectivity index (χ0n) is 7.21. The second kappa shape index (κ2) is 3.72. The first-order chi connectivity index (χ1) is 5.95. The highest BCUT2D eigenvalue weighted by Gasteiger charge is 2.10. The van der Waals surface area contributed by atoms with Gasteiger partial charge in [-0.25, -0.2) is 0 Å². The Morgan fingerprint density at radius 1 is 1.50 bits per heavy atom. The summed E-state index contributed by atoms with van der Waals surface area (Å²) in [7, 11) is 0. The number of nitrogens with one attached hydrogen (secondary N) is 1. The molecule has 3 nitrogen and oxygen atoms in total. The number of aromatic nitrogens is 2. The zero-order chi connectivity index (χ0) is 8.23. The van der Waals surface area contributed by atoms with Crippen molar-refractivity contribution >= 4 is 0 Å². The molecule has 1 aromatic heterocycles. The fourth-order valence-corrected chi connectivity index (χ4v) is 1.66. The van der Waals surface area contributed by atoms with E-state index >= 15 is 0 Å². The third-order valence-electron chi connectivity index (χ3n) is 2.40. The molecule has 0 unspecified atom stereocenters. The van der Waals surface area contributed by atoms with Crippen LogP contribution in [0, 0.1) is 6.20 Å². The van der Waals surface area contributed by atoms with Gasteiger partial charge in [0.25, 0.3) is 0 Å². The normalized spacial score (nSPS) is 18.7. The van der Waals surface area contributed by atoms with Gasteiger partial charge in [-0.15, -0.1) is 0 Å². The molecule has 0 bridgehead atoms. The molecule has 3 heteroatoms. The third kappa shape index (κ3) is 1.85. The molecular weight excluding hydrogens is 150 g/mol. The van der Waals surface area contributed by atoms with E-state index in [4.69, 9.17) is 0 Å². The summed E-state index contributed by atoms with van der Waals surface area (Å²) < 4.78 is 0. The van der Waals surface area contributed by atoms with Crippen LogP contribution in [0.1, 0.15) is 18.4 Å². The second-order valence-corrected chi connectivity index (χ2v) is 3.32. The van der Waals surface area contributed by atoms with Crippen LogP contribution in [-0.2, 0) is 6.42 Å². The Kier molecular flexibility index (Phi) is 2.42. The van der Waals surface area contributed by atoms with Gasteiger partial charge in [0.2, 0.25) is 0 Å². The summed E-state index contributed by atoms with van der Waals surface area (Å²) in [6, 6.07) is 0. The van der Waals surface area contributed by atoms with Crippen LogP contribution in [0.3, 0.4) is 0 Å². The molecule has 1 radical (unpaired) electrons. The number of hydrogen-bond donors (Lipinski definition) is 1. The maximum atomic E-state index is 3.80. The number of rotatable bonds is 3. The summed E-state index contributed by atoms with van der Waals surface area (Å²) in [6.45, 7) is 3.71. The van der Waals surface area contributed by atoms with Gasteiger partial charge in [-0.1, -0.05) is 0 Å². The van der Waals surface area contributed by atoms with Crippen LogP contribution >= 0.6 is 0 Å². The maximum Gasteiger partial charge on any atom is 0.116 e. The largest absolute Gasteiger partial charge is 0.303 e. The quantitative estimate of drug-likeness (QED) is 0.718. The SMILES string of the molecule is [c]1n[nH]cc1CCN1CCCC1. The average molecular weight is 164 g/mol. The summed E-state index contributed by atoms with van der Waals surface area (Å²) >= 11 is 0. The Balaban J connectivity index is 1.74. The van der Waals surface area contributed by atoms with Gasteiger partial charge >= 0.3 is 0 Å². The first-order valence-electron chi connectivity index (χ1n) is 4.58. The van der Waals surface area contributed by atoms with E-state index in [1.165, 1.54) is 31.5 Å². The smallest absolute Gasteiger partial charge is 0.116 e. The van der Waals surface area contributed by atoms with E-state index in [0.29, 0.717) is 0 Å². The molecule has 1 aromatic rings. The predicted octanol–water partition coefficient (Wildman–Crippen LogP) is 0.848. The number of hydrogen-bond acceptors (Lipinski definition) is 2. The molecule has 0 aromatic carbocycles. The average Bonchev–Trinajstić information content (AvgIpc) is 2.74. The molecule has 1 N–H and O–H groups in total. The van der Waals surface area contributed by atoms with Crippen LogP contribution < -0.4 is 0 Å². The van der Waals surface area contributed by atoms with Crippen LogP contribution in [0.4, 0.5) is 0 Å². The summed E-state index contributed by atoms with van der Waals surface area (Å²) in [4.78, 5) is 2.50. The Morgan fingerprint density at radius 3 is 3.00 bits per heavy atom. The topological polar surface area (TPSA) is 31.9 Å². The molecule has 0 spiro atoms. The highest BCUT2D eigenvalue weighted by atomic mass is 15.1. The highest BCUT2D eigenvalue weighted by Crippen LogP contribution is 2.07. The minimum absolute atomic E-state index is 1.08. The van der Waals surface area contributed by atoms with Gasteiger partial charge in [-0.05, 0) is 32.4 Å². The molecule has 2 heterocycles. The molecule has 12 heavy (non-hydrogen) atoms. The lowest BCUT2D eigenvalue weighted by atomic mass is 10.2. The Morgan fingerprint density at radius 2 is 2.33 bits per heavy atom. The van der Waals surface area contributed by atoms with Gasteiger partial charge in [-0.3, -0.25) is 5.10 Å². The third-order valence-corrected chi connectivity index (χ3v) is 2.40. The molecule has 1 saturated heterocycles. The monoisotopic (exact) mass is 164 g/mol. The van der Waals surface area contributed by atoms with Crippen molar-refractivity contribution in [2.45, 2.75) is 19.3 Å². The van der Waals surface area contributed by atoms with Crippen molar-refractivity contribution in [3.63, 3.8) is 0 Å². The molecule has 1 aliphatic heterocycles. The molecule has 1 fully saturated rings. The molecule has 0 aliphatic carbocycles. The Hall–Kier alpha value is -0.830. The van der Waals surface area contributed by atoms with E-state index in [0.717, 1.165) is 13.0 Å². The molecule has 65 valence electrons. The lowest BCUT2D eigenvalue weighted by Crippen LogP contribution is -2.21. The summed E-state index contributed by atoms with van der Waals surface area (Å²) in [5.41, 5.74) is 1.20. The summed E-state index contributed by atoms with van der Waals surface area (Å²) in [5, 5.41) is 6.58. The van der Waals surface area contributed by atoms with E-state index in [9.17, 15) is 0 Å². The number of aromatic amines is 1. The minimum Gasteiger partial charge on any atom is -0.303 e. The lowest BCUT2D eigenvalue weighted by Gasteiger charge is -2.12.